The van der Waals surface area contributed by atoms with E-state index in [2.05, 4.69) is 28.2 Å². The van der Waals surface area contributed by atoms with Crippen LogP contribution in [0.2, 0.25) is 0 Å². The quantitative estimate of drug-likeness (QED) is 0.899. The summed E-state index contributed by atoms with van der Waals surface area (Å²) >= 11 is 3.20. The second kappa shape index (κ2) is 5.74. The van der Waals surface area contributed by atoms with Crippen molar-refractivity contribution < 1.29 is 9.90 Å². The Hall–Kier alpha value is -1.03. The number of halogens is 1. The lowest BCUT2D eigenvalue weighted by atomic mass is 9.98. The van der Waals surface area contributed by atoms with Crippen molar-refractivity contribution in [1.82, 2.24) is 5.32 Å². The molecule has 18 heavy (non-hydrogen) atoms. The fraction of sp³-hybridized carbons (Fsp3) is 0.500. The van der Waals surface area contributed by atoms with E-state index in [1.54, 1.807) is 12.1 Å². The van der Waals surface area contributed by atoms with Crippen LogP contribution in [0.3, 0.4) is 0 Å². The number of hydrogen-bond acceptors (Lipinski definition) is 2. The van der Waals surface area contributed by atoms with Crippen LogP contribution in [-0.4, -0.2) is 17.6 Å². The van der Waals surface area contributed by atoms with Crippen LogP contribution in [0.5, 0.6) is 5.75 Å². The van der Waals surface area contributed by atoms with Gasteiger partial charge in [-0.1, -0.05) is 19.8 Å². The summed E-state index contributed by atoms with van der Waals surface area (Å²) in [5, 5.41) is 12.5. The van der Waals surface area contributed by atoms with Crippen molar-refractivity contribution in [3.8, 4) is 5.75 Å². The third-order valence-electron chi connectivity index (χ3n) is 3.77. The van der Waals surface area contributed by atoms with E-state index in [0.717, 1.165) is 6.54 Å². The molecule has 0 spiro atoms. The van der Waals surface area contributed by atoms with Crippen LogP contribution in [0.4, 0.5) is 0 Å². The molecule has 2 atom stereocenters. The van der Waals surface area contributed by atoms with E-state index < -0.39 is 0 Å². The zero-order chi connectivity index (χ0) is 13.1. The maximum absolute atomic E-state index is 11.9. The molecule has 0 aromatic heterocycles. The highest BCUT2D eigenvalue weighted by Crippen LogP contribution is 2.30. The van der Waals surface area contributed by atoms with Gasteiger partial charge in [-0.2, -0.15) is 0 Å². The summed E-state index contributed by atoms with van der Waals surface area (Å²) in [4.78, 5) is 11.9. The highest BCUT2D eigenvalue weighted by Gasteiger charge is 2.23. The zero-order valence-electron chi connectivity index (χ0n) is 10.4. The summed E-state index contributed by atoms with van der Waals surface area (Å²) in [7, 11) is 0. The minimum absolute atomic E-state index is 0.0943. The number of phenols is 1. The normalized spacial score (nSPS) is 23.0. The Kier molecular flexibility index (Phi) is 4.27. The molecule has 0 saturated heterocycles. The van der Waals surface area contributed by atoms with Crippen LogP contribution in [0.25, 0.3) is 0 Å². The lowest BCUT2D eigenvalue weighted by molar-refractivity contribution is 0.0944. The Morgan fingerprint density at radius 2 is 2.28 bits per heavy atom. The Balaban J connectivity index is 1.93. The summed E-state index contributed by atoms with van der Waals surface area (Å²) in [5.41, 5.74) is 0.501. The fourth-order valence-corrected chi connectivity index (χ4v) is 2.75. The van der Waals surface area contributed by atoms with Gasteiger partial charge in [-0.25, -0.2) is 0 Å². The average molecular weight is 312 g/mol. The van der Waals surface area contributed by atoms with Gasteiger partial charge in [-0.15, -0.1) is 0 Å². The van der Waals surface area contributed by atoms with E-state index in [1.807, 2.05) is 0 Å². The first-order chi connectivity index (χ1) is 8.58. The Labute approximate surface area is 116 Å². The number of benzene rings is 1. The molecule has 1 aliphatic carbocycles. The standard InChI is InChI=1S/C14H18BrNO2/c1-9-3-2-4-11(9)8-16-14(18)10-5-6-12(15)13(17)7-10/h5-7,9,11,17H,2-4,8H2,1H3,(H,16,18). The van der Waals surface area contributed by atoms with Gasteiger partial charge in [0.15, 0.2) is 0 Å². The molecule has 98 valence electrons. The van der Waals surface area contributed by atoms with Crippen molar-refractivity contribution in [2.45, 2.75) is 26.2 Å². The molecule has 1 saturated carbocycles. The van der Waals surface area contributed by atoms with Crippen molar-refractivity contribution in [1.29, 1.82) is 0 Å². The maximum Gasteiger partial charge on any atom is 0.251 e. The zero-order valence-corrected chi connectivity index (χ0v) is 12.0. The van der Waals surface area contributed by atoms with E-state index in [1.165, 1.54) is 25.3 Å². The Morgan fingerprint density at radius 1 is 1.50 bits per heavy atom. The molecule has 0 heterocycles. The highest BCUT2D eigenvalue weighted by atomic mass is 79.9. The fourth-order valence-electron chi connectivity index (χ4n) is 2.51. The lowest BCUT2D eigenvalue weighted by Gasteiger charge is -2.16. The van der Waals surface area contributed by atoms with Crippen LogP contribution in [0, 0.1) is 11.8 Å². The molecule has 0 aliphatic heterocycles. The molecule has 1 amide bonds. The van der Waals surface area contributed by atoms with Crippen molar-refractivity contribution >= 4 is 21.8 Å². The third-order valence-corrected chi connectivity index (χ3v) is 4.44. The number of carbonyl (C=O) groups is 1. The predicted molar refractivity (Wildman–Crippen MR) is 74.6 cm³/mol. The Bertz CT molecular complexity index is 447. The Morgan fingerprint density at radius 3 is 2.89 bits per heavy atom. The summed E-state index contributed by atoms with van der Waals surface area (Å²) in [6.07, 6.45) is 3.73. The summed E-state index contributed by atoms with van der Waals surface area (Å²) < 4.78 is 0.600. The van der Waals surface area contributed by atoms with Crippen LogP contribution >= 0.6 is 15.9 Å². The maximum atomic E-state index is 11.9. The molecule has 2 rings (SSSR count). The van der Waals surface area contributed by atoms with Gasteiger partial charge in [-0.3, -0.25) is 4.79 Å². The number of carbonyl (C=O) groups excluding carboxylic acids is 1. The predicted octanol–water partition coefficient (Wildman–Crippen LogP) is 3.32. The highest BCUT2D eigenvalue weighted by molar-refractivity contribution is 9.10. The monoisotopic (exact) mass is 311 g/mol. The van der Waals surface area contributed by atoms with Gasteiger partial charge in [0.1, 0.15) is 5.75 Å². The SMILES string of the molecule is CC1CCCC1CNC(=O)c1ccc(Br)c(O)c1. The van der Waals surface area contributed by atoms with Gasteiger partial charge in [-0.05, 0) is 52.4 Å². The number of aromatic hydroxyl groups is 1. The molecule has 2 N–H and O–H groups in total. The van der Waals surface area contributed by atoms with Gasteiger partial charge in [0, 0.05) is 12.1 Å². The smallest absolute Gasteiger partial charge is 0.251 e. The molecule has 1 aromatic carbocycles. The largest absolute Gasteiger partial charge is 0.507 e. The first kappa shape index (κ1) is 13.4. The number of amides is 1. The van der Waals surface area contributed by atoms with Crippen molar-refractivity contribution in [2.75, 3.05) is 6.54 Å². The van der Waals surface area contributed by atoms with Gasteiger partial charge >= 0.3 is 0 Å². The third kappa shape index (κ3) is 3.05. The first-order valence-corrected chi connectivity index (χ1v) is 7.14. The lowest BCUT2D eigenvalue weighted by Crippen LogP contribution is -2.30. The van der Waals surface area contributed by atoms with E-state index in [0.29, 0.717) is 21.9 Å². The topological polar surface area (TPSA) is 49.3 Å². The average Bonchev–Trinajstić information content (AvgIpc) is 2.75. The van der Waals surface area contributed by atoms with Crippen LogP contribution in [-0.2, 0) is 0 Å². The summed E-state index contributed by atoms with van der Waals surface area (Å²) in [6.45, 7) is 2.98. The molecule has 2 unspecified atom stereocenters. The molecule has 3 nitrogen and oxygen atoms in total. The summed E-state index contributed by atoms with van der Waals surface area (Å²) in [6, 6.07) is 4.87. The molecular weight excluding hydrogens is 294 g/mol. The second-order valence-electron chi connectivity index (χ2n) is 5.04. The first-order valence-electron chi connectivity index (χ1n) is 6.34. The molecule has 4 heteroatoms. The number of rotatable bonds is 3. The van der Waals surface area contributed by atoms with Crippen LogP contribution < -0.4 is 5.32 Å². The molecule has 0 radical (unpaired) electrons. The van der Waals surface area contributed by atoms with E-state index in [-0.39, 0.29) is 11.7 Å². The number of phenolic OH excluding ortho intramolecular Hbond substituents is 1. The summed E-state index contributed by atoms with van der Waals surface area (Å²) in [5.74, 6) is 1.27. The van der Waals surface area contributed by atoms with Crippen molar-refractivity contribution in [3.63, 3.8) is 0 Å². The van der Waals surface area contributed by atoms with Gasteiger partial charge in [0.2, 0.25) is 0 Å². The second-order valence-corrected chi connectivity index (χ2v) is 5.90. The van der Waals surface area contributed by atoms with Gasteiger partial charge in [0.25, 0.3) is 5.91 Å². The number of nitrogens with one attached hydrogen (secondary N) is 1. The van der Waals surface area contributed by atoms with E-state index in [4.69, 9.17) is 0 Å². The van der Waals surface area contributed by atoms with Crippen molar-refractivity contribution in [3.05, 3.63) is 28.2 Å². The van der Waals surface area contributed by atoms with Crippen LogP contribution in [0.15, 0.2) is 22.7 Å². The van der Waals surface area contributed by atoms with E-state index >= 15 is 0 Å². The molecule has 1 fully saturated rings. The van der Waals surface area contributed by atoms with Gasteiger partial charge < -0.3 is 10.4 Å². The minimum atomic E-state index is -0.114. The van der Waals surface area contributed by atoms with Gasteiger partial charge in [0.05, 0.1) is 4.47 Å². The van der Waals surface area contributed by atoms with E-state index in [9.17, 15) is 9.90 Å². The van der Waals surface area contributed by atoms with Crippen LogP contribution in [0.1, 0.15) is 36.5 Å². The minimum Gasteiger partial charge on any atom is -0.507 e. The molecule has 1 aromatic rings. The molecule has 1 aliphatic rings. The number of hydrogen-bond donors (Lipinski definition) is 2. The van der Waals surface area contributed by atoms with Crippen molar-refractivity contribution in [2.24, 2.45) is 11.8 Å². The molecular formula is C14H18BrNO2. The molecule has 0 bridgehead atoms.